The van der Waals surface area contributed by atoms with Gasteiger partial charge in [0.15, 0.2) is 0 Å². The van der Waals surface area contributed by atoms with Gasteiger partial charge in [-0.3, -0.25) is 4.79 Å². The van der Waals surface area contributed by atoms with E-state index in [4.69, 9.17) is 10.5 Å². The van der Waals surface area contributed by atoms with E-state index >= 15 is 0 Å². The van der Waals surface area contributed by atoms with Crippen LogP contribution in [0, 0.1) is 6.92 Å². The van der Waals surface area contributed by atoms with E-state index < -0.39 is 5.97 Å². The summed E-state index contributed by atoms with van der Waals surface area (Å²) in [7, 11) is 0. The monoisotopic (exact) mass is 424 g/mol. The Morgan fingerprint density at radius 1 is 1.12 bits per heavy atom. The molecule has 5 nitrogen and oxygen atoms in total. The SMILES string of the molecule is Cc1cccc(OC2CCc3ccc(-c4ccc5ccnc(N)c5c4)cc32)c1CC(=O)O. The lowest BCUT2D eigenvalue weighted by Crippen LogP contribution is -2.09. The van der Waals surface area contributed by atoms with Gasteiger partial charge in [0.2, 0.25) is 0 Å². The summed E-state index contributed by atoms with van der Waals surface area (Å²) < 4.78 is 6.40. The van der Waals surface area contributed by atoms with Crippen LogP contribution < -0.4 is 10.5 Å². The van der Waals surface area contributed by atoms with E-state index in [9.17, 15) is 9.90 Å². The molecule has 1 aliphatic rings. The molecule has 1 atom stereocenters. The zero-order chi connectivity index (χ0) is 22.2. The van der Waals surface area contributed by atoms with Gasteiger partial charge >= 0.3 is 5.97 Å². The molecule has 4 aromatic rings. The van der Waals surface area contributed by atoms with Crippen molar-refractivity contribution in [2.75, 3.05) is 5.73 Å². The normalized spacial score (nSPS) is 15.0. The predicted molar refractivity (Wildman–Crippen MR) is 126 cm³/mol. The average Bonchev–Trinajstić information content (AvgIpc) is 3.18. The Bertz CT molecular complexity index is 1350. The standard InChI is InChI=1S/C27H24N2O3/c1-16-3-2-4-24(21(16)15-26(30)31)32-25-10-9-17-5-7-19(13-22(17)25)20-8-6-18-11-12-29-27(28)23(18)14-20/h2-8,11-14,25H,9-10,15H2,1H3,(H2,28,29)(H,30,31). The number of aliphatic carboxylic acids is 1. The molecule has 5 heteroatoms. The molecular weight excluding hydrogens is 400 g/mol. The minimum atomic E-state index is -0.858. The maximum absolute atomic E-state index is 11.4. The predicted octanol–water partition coefficient (Wildman–Crippen LogP) is 5.49. The van der Waals surface area contributed by atoms with E-state index in [1.165, 1.54) is 5.56 Å². The lowest BCUT2D eigenvalue weighted by molar-refractivity contribution is -0.136. The van der Waals surface area contributed by atoms with E-state index in [2.05, 4.69) is 41.4 Å². The number of rotatable bonds is 5. The van der Waals surface area contributed by atoms with Crippen molar-refractivity contribution in [3.05, 3.63) is 89.1 Å². The van der Waals surface area contributed by atoms with Crippen molar-refractivity contribution in [3.8, 4) is 16.9 Å². The summed E-state index contributed by atoms with van der Waals surface area (Å²) in [6.45, 7) is 1.92. The van der Waals surface area contributed by atoms with Crippen LogP contribution in [0.15, 0.2) is 66.9 Å². The van der Waals surface area contributed by atoms with Crippen molar-refractivity contribution >= 4 is 22.6 Å². The molecular formula is C27H24N2O3. The number of carboxylic acid groups (broad SMARTS) is 1. The van der Waals surface area contributed by atoms with Gasteiger partial charge in [0, 0.05) is 17.1 Å². The number of aromatic nitrogens is 1. The molecule has 3 N–H and O–H groups in total. The molecule has 0 bridgehead atoms. The van der Waals surface area contributed by atoms with Gasteiger partial charge in [0.25, 0.3) is 0 Å². The number of carbonyl (C=O) groups is 1. The second-order valence-electron chi connectivity index (χ2n) is 8.31. The van der Waals surface area contributed by atoms with Crippen LogP contribution in [0.5, 0.6) is 5.75 Å². The van der Waals surface area contributed by atoms with Gasteiger partial charge in [-0.2, -0.15) is 0 Å². The second-order valence-corrected chi connectivity index (χ2v) is 8.31. The van der Waals surface area contributed by atoms with Crippen LogP contribution in [0.1, 0.15) is 34.8 Å². The molecule has 0 saturated carbocycles. The van der Waals surface area contributed by atoms with Gasteiger partial charge in [-0.05, 0) is 77.2 Å². The Hall–Kier alpha value is -3.86. The van der Waals surface area contributed by atoms with Gasteiger partial charge in [0.05, 0.1) is 6.42 Å². The van der Waals surface area contributed by atoms with Crippen molar-refractivity contribution in [2.24, 2.45) is 0 Å². The Morgan fingerprint density at radius 2 is 1.94 bits per heavy atom. The van der Waals surface area contributed by atoms with Crippen LogP contribution >= 0.6 is 0 Å². The first-order chi connectivity index (χ1) is 15.5. The summed E-state index contributed by atoms with van der Waals surface area (Å²) in [4.78, 5) is 15.6. The summed E-state index contributed by atoms with van der Waals surface area (Å²) in [6, 6.07) is 20.4. The largest absolute Gasteiger partial charge is 0.485 e. The van der Waals surface area contributed by atoms with Gasteiger partial charge in [0.1, 0.15) is 17.7 Å². The number of benzene rings is 3. The van der Waals surface area contributed by atoms with Crippen LogP contribution in [-0.2, 0) is 17.6 Å². The number of nitrogens with zero attached hydrogens (tertiary/aromatic N) is 1. The van der Waals surface area contributed by atoms with Gasteiger partial charge in [-0.1, -0.05) is 36.4 Å². The van der Waals surface area contributed by atoms with Crippen molar-refractivity contribution in [1.82, 2.24) is 4.98 Å². The third-order valence-corrected chi connectivity index (χ3v) is 6.26. The summed E-state index contributed by atoms with van der Waals surface area (Å²) >= 11 is 0. The Balaban J connectivity index is 1.50. The molecule has 32 heavy (non-hydrogen) atoms. The summed E-state index contributed by atoms with van der Waals surface area (Å²) in [5.74, 6) is 0.320. The van der Waals surface area contributed by atoms with Crippen LogP contribution in [0.3, 0.4) is 0 Å². The molecule has 0 radical (unpaired) electrons. The van der Waals surface area contributed by atoms with Crippen molar-refractivity contribution in [2.45, 2.75) is 32.3 Å². The highest BCUT2D eigenvalue weighted by Gasteiger charge is 2.26. The summed E-state index contributed by atoms with van der Waals surface area (Å²) in [5.41, 5.74) is 12.4. The van der Waals surface area contributed by atoms with Crippen molar-refractivity contribution in [1.29, 1.82) is 0 Å². The number of fused-ring (bicyclic) bond motifs is 2. The van der Waals surface area contributed by atoms with E-state index in [-0.39, 0.29) is 12.5 Å². The zero-order valence-electron chi connectivity index (χ0n) is 17.8. The lowest BCUT2D eigenvalue weighted by Gasteiger charge is -2.19. The molecule has 160 valence electrons. The average molecular weight is 425 g/mol. The molecule has 0 fully saturated rings. The Morgan fingerprint density at radius 3 is 2.78 bits per heavy atom. The van der Waals surface area contributed by atoms with Gasteiger partial charge in [-0.25, -0.2) is 4.98 Å². The van der Waals surface area contributed by atoms with Crippen LogP contribution in [0.4, 0.5) is 5.82 Å². The van der Waals surface area contributed by atoms with Gasteiger partial charge in [-0.15, -0.1) is 0 Å². The zero-order valence-corrected chi connectivity index (χ0v) is 17.8. The number of carboxylic acids is 1. The fourth-order valence-electron chi connectivity index (χ4n) is 4.55. The Labute approximate surface area is 186 Å². The molecule has 0 spiro atoms. The van der Waals surface area contributed by atoms with Crippen molar-refractivity contribution in [3.63, 3.8) is 0 Å². The van der Waals surface area contributed by atoms with Gasteiger partial charge < -0.3 is 15.6 Å². The highest BCUT2D eigenvalue weighted by molar-refractivity contribution is 5.94. The molecule has 1 aromatic heterocycles. The Kier molecular flexibility index (Phi) is 5.02. The first-order valence-electron chi connectivity index (χ1n) is 10.7. The number of ether oxygens (including phenoxy) is 1. The number of aryl methyl sites for hydroxylation is 2. The first-order valence-corrected chi connectivity index (χ1v) is 10.7. The second kappa shape index (κ2) is 8.00. The van der Waals surface area contributed by atoms with E-state index in [0.717, 1.165) is 51.4 Å². The van der Waals surface area contributed by atoms with Crippen LogP contribution in [0.2, 0.25) is 0 Å². The minimum absolute atomic E-state index is 0.0474. The number of hydrogen-bond donors (Lipinski definition) is 2. The quantitative estimate of drug-likeness (QED) is 0.443. The molecule has 0 saturated heterocycles. The molecule has 5 rings (SSSR count). The van der Waals surface area contributed by atoms with E-state index in [1.807, 2.05) is 31.2 Å². The molecule has 0 amide bonds. The smallest absolute Gasteiger partial charge is 0.307 e. The fraction of sp³-hybridized carbons (Fsp3) is 0.185. The fourth-order valence-corrected chi connectivity index (χ4v) is 4.55. The molecule has 1 unspecified atom stereocenters. The number of pyridine rings is 1. The summed E-state index contributed by atoms with van der Waals surface area (Å²) in [6.07, 6.45) is 3.38. The van der Waals surface area contributed by atoms with Crippen molar-refractivity contribution < 1.29 is 14.6 Å². The van der Waals surface area contributed by atoms with E-state index in [0.29, 0.717) is 11.6 Å². The third-order valence-electron chi connectivity index (χ3n) is 6.26. The number of nitrogen functional groups attached to an aromatic ring is 1. The number of anilines is 1. The lowest BCUT2D eigenvalue weighted by atomic mass is 9.98. The van der Waals surface area contributed by atoms with E-state index in [1.54, 1.807) is 6.20 Å². The van der Waals surface area contributed by atoms with Crippen LogP contribution in [0.25, 0.3) is 21.9 Å². The number of hydrogen-bond acceptors (Lipinski definition) is 4. The molecule has 0 aliphatic heterocycles. The maximum Gasteiger partial charge on any atom is 0.307 e. The highest BCUT2D eigenvalue weighted by atomic mass is 16.5. The molecule has 1 aliphatic carbocycles. The highest BCUT2D eigenvalue weighted by Crippen LogP contribution is 2.39. The molecule has 3 aromatic carbocycles. The first kappa shape index (κ1) is 20.1. The minimum Gasteiger partial charge on any atom is -0.485 e. The molecule has 1 heterocycles. The third kappa shape index (κ3) is 3.66. The van der Waals surface area contributed by atoms with Crippen LogP contribution in [-0.4, -0.2) is 16.1 Å². The topological polar surface area (TPSA) is 85.4 Å². The summed E-state index contributed by atoms with van der Waals surface area (Å²) in [5, 5.41) is 11.3. The number of nitrogens with two attached hydrogens (primary N) is 1. The maximum atomic E-state index is 11.4.